The fourth-order valence-electron chi connectivity index (χ4n) is 2.30. The molecule has 0 unspecified atom stereocenters. The molecule has 0 aliphatic heterocycles. The van der Waals surface area contributed by atoms with Crippen LogP contribution in [0.2, 0.25) is 0 Å². The van der Waals surface area contributed by atoms with Crippen LogP contribution in [0, 0.1) is 5.92 Å². The molecule has 2 N–H and O–H groups in total. The summed E-state index contributed by atoms with van der Waals surface area (Å²) < 4.78 is 2.05. The number of hydrogen-bond acceptors (Lipinski definition) is 2. The highest BCUT2D eigenvalue weighted by atomic mass is 15.3. The lowest BCUT2D eigenvalue weighted by atomic mass is 9.85. The fraction of sp³-hybridized carbons (Fsp3) is 0.357. The molecule has 1 aromatic carbocycles. The lowest BCUT2D eigenvalue weighted by Gasteiger charge is -2.24. The van der Waals surface area contributed by atoms with E-state index in [0.29, 0.717) is 0 Å². The summed E-state index contributed by atoms with van der Waals surface area (Å²) >= 11 is 0. The minimum atomic E-state index is 0.815. The van der Waals surface area contributed by atoms with E-state index < -0.39 is 0 Å². The Labute approximate surface area is 101 Å². The molecule has 0 bridgehead atoms. The Kier molecular flexibility index (Phi) is 2.59. The van der Waals surface area contributed by atoms with Crippen molar-refractivity contribution >= 4 is 5.69 Å². The number of nitrogens with zero attached hydrogens (tertiary/aromatic N) is 2. The average Bonchev–Trinajstić information content (AvgIpc) is 2.73. The van der Waals surface area contributed by atoms with E-state index in [4.69, 9.17) is 5.73 Å². The van der Waals surface area contributed by atoms with Gasteiger partial charge in [0, 0.05) is 29.6 Å². The quantitative estimate of drug-likeness (QED) is 0.819. The van der Waals surface area contributed by atoms with Gasteiger partial charge in [-0.15, -0.1) is 0 Å². The average molecular weight is 227 g/mol. The predicted molar refractivity (Wildman–Crippen MR) is 69.4 cm³/mol. The van der Waals surface area contributed by atoms with Crippen LogP contribution in [0.3, 0.4) is 0 Å². The molecular weight excluding hydrogens is 210 g/mol. The molecule has 17 heavy (non-hydrogen) atoms. The SMILES string of the molecule is Nc1ccccc1-c1cnn(CC2CCC2)c1. The zero-order valence-corrected chi connectivity index (χ0v) is 9.84. The molecular formula is C14H17N3. The third-order valence-corrected chi connectivity index (χ3v) is 3.58. The fourth-order valence-corrected chi connectivity index (χ4v) is 2.30. The van der Waals surface area contributed by atoms with Gasteiger partial charge in [-0.1, -0.05) is 24.6 Å². The topological polar surface area (TPSA) is 43.8 Å². The first-order chi connectivity index (χ1) is 8.33. The van der Waals surface area contributed by atoms with E-state index in [2.05, 4.69) is 11.3 Å². The molecule has 0 amide bonds. The number of anilines is 1. The largest absolute Gasteiger partial charge is 0.398 e. The van der Waals surface area contributed by atoms with Crippen molar-refractivity contribution in [1.29, 1.82) is 0 Å². The van der Waals surface area contributed by atoms with Gasteiger partial charge in [0.1, 0.15) is 0 Å². The van der Waals surface area contributed by atoms with Gasteiger partial charge in [-0.05, 0) is 24.8 Å². The zero-order chi connectivity index (χ0) is 11.7. The Balaban J connectivity index is 1.82. The molecule has 0 radical (unpaired) electrons. The highest BCUT2D eigenvalue weighted by Gasteiger charge is 2.18. The Morgan fingerprint density at radius 1 is 1.29 bits per heavy atom. The van der Waals surface area contributed by atoms with E-state index >= 15 is 0 Å². The molecule has 1 aliphatic carbocycles. The van der Waals surface area contributed by atoms with Crippen LogP contribution >= 0.6 is 0 Å². The van der Waals surface area contributed by atoms with Crippen molar-refractivity contribution in [2.24, 2.45) is 5.92 Å². The zero-order valence-electron chi connectivity index (χ0n) is 9.84. The van der Waals surface area contributed by atoms with Gasteiger partial charge in [-0.2, -0.15) is 5.10 Å². The number of rotatable bonds is 3. The summed E-state index contributed by atoms with van der Waals surface area (Å²) in [5.74, 6) is 0.830. The van der Waals surface area contributed by atoms with Gasteiger partial charge in [0.25, 0.3) is 0 Å². The van der Waals surface area contributed by atoms with Gasteiger partial charge in [0.15, 0.2) is 0 Å². The Hall–Kier alpha value is -1.77. The molecule has 88 valence electrons. The Morgan fingerprint density at radius 2 is 2.12 bits per heavy atom. The van der Waals surface area contributed by atoms with Crippen LogP contribution in [0.25, 0.3) is 11.1 Å². The van der Waals surface area contributed by atoms with Gasteiger partial charge in [0.2, 0.25) is 0 Å². The maximum absolute atomic E-state index is 5.96. The summed E-state index contributed by atoms with van der Waals surface area (Å²) in [5.41, 5.74) is 8.97. The number of hydrogen-bond donors (Lipinski definition) is 1. The van der Waals surface area contributed by atoms with Gasteiger partial charge in [-0.25, -0.2) is 0 Å². The first kappa shape index (κ1) is 10.4. The van der Waals surface area contributed by atoms with Crippen LogP contribution < -0.4 is 5.73 Å². The molecule has 0 spiro atoms. The monoisotopic (exact) mass is 227 g/mol. The molecule has 0 saturated heterocycles. The van der Waals surface area contributed by atoms with E-state index in [-0.39, 0.29) is 0 Å². The first-order valence-electron chi connectivity index (χ1n) is 6.20. The molecule has 0 atom stereocenters. The number of aromatic nitrogens is 2. The van der Waals surface area contributed by atoms with E-state index in [1.54, 1.807) is 0 Å². The van der Waals surface area contributed by atoms with Crippen molar-refractivity contribution in [2.45, 2.75) is 25.8 Å². The van der Waals surface area contributed by atoms with E-state index in [0.717, 1.165) is 29.3 Å². The maximum atomic E-state index is 5.96. The molecule has 2 aromatic rings. The van der Waals surface area contributed by atoms with E-state index in [9.17, 15) is 0 Å². The smallest absolute Gasteiger partial charge is 0.0569 e. The Bertz CT molecular complexity index is 512. The molecule has 1 fully saturated rings. The van der Waals surface area contributed by atoms with Crippen molar-refractivity contribution in [2.75, 3.05) is 5.73 Å². The molecule has 1 aromatic heterocycles. The van der Waals surface area contributed by atoms with E-state index in [1.165, 1.54) is 19.3 Å². The number of para-hydroxylation sites is 1. The second-order valence-electron chi connectivity index (χ2n) is 4.84. The third-order valence-electron chi connectivity index (χ3n) is 3.58. The normalized spacial score (nSPS) is 15.8. The number of nitrogen functional groups attached to an aromatic ring is 1. The second kappa shape index (κ2) is 4.24. The van der Waals surface area contributed by atoms with Gasteiger partial charge in [0.05, 0.1) is 6.20 Å². The summed E-state index contributed by atoms with van der Waals surface area (Å²) in [6.45, 7) is 1.05. The highest BCUT2D eigenvalue weighted by molar-refractivity contribution is 5.75. The third kappa shape index (κ3) is 2.05. The summed E-state index contributed by atoms with van der Waals surface area (Å²) in [4.78, 5) is 0. The lowest BCUT2D eigenvalue weighted by Crippen LogP contribution is -2.18. The van der Waals surface area contributed by atoms with Crippen molar-refractivity contribution in [1.82, 2.24) is 9.78 Å². The van der Waals surface area contributed by atoms with E-state index in [1.807, 2.05) is 35.1 Å². The molecule has 1 heterocycles. The van der Waals surface area contributed by atoms with Crippen molar-refractivity contribution in [3.8, 4) is 11.1 Å². The van der Waals surface area contributed by atoms with Crippen LogP contribution in [-0.2, 0) is 6.54 Å². The molecule has 3 rings (SSSR count). The maximum Gasteiger partial charge on any atom is 0.0569 e. The van der Waals surface area contributed by atoms with Crippen LogP contribution in [0.5, 0.6) is 0 Å². The lowest BCUT2D eigenvalue weighted by molar-refractivity contribution is 0.266. The minimum Gasteiger partial charge on any atom is -0.398 e. The van der Waals surface area contributed by atoms with Crippen LogP contribution in [0.1, 0.15) is 19.3 Å². The minimum absolute atomic E-state index is 0.815. The first-order valence-corrected chi connectivity index (χ1v) is 6.20. The van der Waals surface area contributed by atoms with Crippen molar-refractivity contribution in [3.63, 3.8) is 0 Å². The van der Waals surface area contributed by atoms with Gasteiger partial charge < -0.3 is 5.73 Å². The van der Waals surface area contributed by atoms with Crippen LogP contribution in [0.15, 0.2) is 36.7 Å². The van der Waals surface area contributed by atoms with Crippen LogP contribution in [-0.4, -0.2) is 9.78 Å². The predicted octanol–water partition coefficient (Wildman–Crippen LogP) is 2.93. The van der Waals surface area contributed by atoms with Gasteiger partial charge in [-0.3, -0.25) is 4.68 Å². The van der Waals surface area contributed by atoms with Crippen molar-refractivity contribution < 1.29 is 0 Å². The summed E-state index contributed by atoms with van der Waals surface area (Å²) in [6.07, 6.45) is 8.09. The molecule has 3 nitrogen and oxygen atoms in total. The molecule has 3 heteroatoms. The molecule has 1 saturated carbocycles. The second-order valence-corrected chi connectivity index (χ2v) is 4.84. The summed E-state index contributed by atoms with van der Waals surface area (Å²) in [7, 11) is 0. The molecule has 1 aliphatic rings. The number of nitrogens with two attached hydrogens (primary N) is 1. The summed E-state index contributed by atoms with van der Waals surface area (Å²) in [5, 5.41) is 4.42. The standard InChI is InChI=1S/C14H17N3/c15-14-7-2-1-6-13(14)12-8-16-17(10-12)9-11-4-3-5-11/h1-2,6-8,10-11H,3-5,9,15H2. The van der Waals surface area contributed by atoms with Gasteiger partial charge >= 0.3 is 0 Å². The highest BCUT2D eigenvalue weighted by Crippen LogP contribution is 2.29. The van der Waals surface area contributed by atoms with Crippen molar-refractivity contribution in [3.05, 3.63) is 36.7 Å². The Morgan fingerprint density at radius 3 is 2.82 bits per heavy atom. The number of benzene rings is 1. The summed E-state index contributed by atoms with van der Waals surface area (Å²) in [6, 6.07) is 7.94. The van der Waals surface area contributed by atoms with Crippen LogP contribution in [0.4, 0.5) is 5.69 Å².